The molecular formula is C14H19NO3S. The molecule has 0 fully saturated rings. The highest BCUT2D eigenvalue weighted by Crippen LogP contribution is 2.34. The highest BCUT2D eigenvalue weighted by molar-refractivity contribution is 7.10. The molecule has 1 amide bonds. The van der Waals surface area contributed by atoms with E-state index in [-0.39, 0.29) is 17.7 Å². The number of hydrogen-bond donors (Lipinski definition) is 1. The summed E-state index contributed by atoms with van der Waals surface area (Å²) in [5.41, 5.74) is 0.785. The van der Waals surface area contributed by atoms with Crippen LogP contribution in [0.2, 0.25) is 0 Å². The molecule has 4 nitrogen and oxygen atoms in total. The fourth-order valence-electron chi connectivity index (χ4n) is 2.37. The monoisotopic (exact) mass is 281 g/mol. The zero-order valence-electron chi connectivity index (χ0n) is 11.4. The lowest BCUT2D eigenvalue weighted by atomic mass is 9.93. The number of carbonyl (C=O) groups is 2. The van der Waals surface area contributed by atoms with Crippen molar-refractivity contribution in [2.45, 2.75) is 33.2 Å². The molecule has 2 heterocycles. The van der Waals surface area contributed by atoms with E-state index in [4.69, 9.17) is 0 Å². The van der Waals surface area contributed by atoms with Crippen LogP contribution in [0.1, 0.15) is 37.3 Å². The van der Waals surface area contributed by atoms with Crippen molar-refractivity contribution in [2.75, 3.05) is 6.54 Å². The molecule has 1 aromatic rings. The van der Waals surface area contributed by atoms with Gasteiger partial charge in [0.1, 0.15) is 0 Å². The number of nitrogens with zero attached hydrogens (tertiary/aromatic N) is 1. The number of rotatable bonds is 3. The molecule has 1 aliphatic heterocycles. The van der Waals surface area contributed by atoms with Crippen LogP contribution in [-0.2, 0) is 16.0 Å². The quantitative estimate of drug-likeness (QED) is 0.926. The van der Waals surface area contributed by atoms with E-state index in [1.807, 2.05) is 32.2 Å². The largest absolute Gasteiger partial charge is 0.479 e. The molecule has 0 spiro atoms. The normalized spacial score (nSPS) is 20.2. The molecular weight excluding hydrogens is 262 g/mol. The van der Waals surface area contributed by atoms with Gasteiger partial charge in [-0.15, -0.1) is 11.3 Å². The minimum absolute atomic E-state index is 0.0562. The number of aliphatic carboxylic acids is 1. The van der Waals surface area contributed by atoms with Crippen LogP contribution in [0.25, 0.3) is 0 Å². The highest BCUT2D eigenvalue weighted by Gasteiger charge is 2.38. The summed E-state index contributed by atoms with van der Waals surface area (Å²) in [5, 5.41) is 11.4. The summed E-state index contributed by atoms with van der Waals surface area (Å²) in [6, 6.07) is 1.02. The summed E-state index contributed by atoms with van der Waals surface area (Å²) < 4.78 is 0. The van der Waals surface area contributed by atoms with E-state index < -0.39 is 12.0 Å². The zero-order valence-corrected chi connectivity index (χ0v) is 12.2. The minimum Gasteiger partial charge on any atom is -0.479 e. The number of thiophene rings is 1. The van der Waals surface area contributed by atoms with Crippen LogP contribution < -0.4 is 0 Å². The summed E-state index contributed by atoms with van der Waals surface area (Å²) in [4.78, 5) is 26.6. The van der Waals surface area contributed by atoms with Crippen LogP contribution in [-0.4, -0.2) is 28.4 Å². The van der Waals surface area contributed by atoms with Crippen molar-refractivity contribution >= 4 is 23.2 Å². The van der Waals surface area contributed by atoms with E-state index in [1.165, 1.54) is 4.90 Å². The number of carbonyl (C=O) groups excluding carboxylic acids is 1. The van der Waals surface area contributed by atoms with Crippen molar-refractivity contribution in [3.8, 4) is 0 Å². The van der Waals surface area contributed by atoms with Crippen molar-refractivity contribution in [3.63, 3.8) is 0 Å². The van der Waals surface area contributed by atoms with Crippen LogP contribution in [0.15, 0.2) is 11.4 Å². The van der Waals surface area contributed by atoms with E-state index in [0.717, 1.165) is 16.9 Å². The molecule has 1 N–H and O–H groups in total. The molecule has 0 saturated carbocycles. The fourth-order valence-corrected chi connectivity index (χ4v) is 3.27. The van der Waals surface area contributed by atoms with Crippen molar-refractivity contribution in [1.29, 1.82) is 0 Å². The van der Waals surface area contributed by atoms with Crippen LogP contribution in [0.4, 0.5) is 0 Å². The molecule has 0 bridgehead atoms. The lowest BCUT2D eigenvalue weighted by molar-refractivity contribution is -0.153. The number of amides is 1. The Bertz CT molecular complexity index is 495. The third-order valence-corrected chi connectivity index (χ3v) is 4.87. The molecule has 19 heavy (non-hydrogen) atoms. The van der Waals surface area contributed by atoms with E-state index in [9.17, 15) is 14.7 Å². The van der Waals surface area contributed by atoms with Gasteiger partial charge in [0.05, 0.1) is 0 Å². The molecule has 0 aliphatic carbocycles. The smallest absolute Gasteiger partial charge is 0.331 e. The SMILES string of the molecule is CC(C)C(C)C(=O)N1CCc2sccc2C1C(=O)O. The topological polar surface area (TPSA) is 57.6 Å². The second-order valence-electron chi connectivity index (χ2n) is 5.35. The van der Waals surface area contributed by atoms with Gasteiger partial charge in [0.15, 0.2) is 6.04 Å². The number of fused-ring (bicyclic) bond motifs is 1. The lowest BCUT2D eigenvalue weighted by Crippen LogP contribution is -2.46. The van der Waals surface area contributed by atoms with Crippen molar-refractivity contribution < 1.29 is 14.7 Å². The van der Waals surface area contributed by atoms with Crippen LogP contribution in [0, 0.1) is 11.8 Å². The van der Waals surface area contributed by atoms with Gasteiger partial charge in [0, 0.05) is 17.3 Å². The Morgan fingerprint density at radius 2 is 2.11 bits per heavy atom. The number of carboxylic acid groups (broad SMARTS) is 1. The average molecular weight is 281 g/mol. The fraction of sp³-hybridized carbons (Fsp3) is 0.571. The summed E-state index contributed by atoms with van der Waals surface area (Å²) in [6.45, 7) is 6.34. The maximum Gasteiger partial charge on any atom is 0.331 e. The maximum atomic E-state index is 12.5. The molecule has 104 valence electrons. The first-order valence-corrected chi connectivity index (χ1v) is 7.41. The Morgan fingerprint density at radius 1 is 1.42 bits per heavy atom. The summed E-state index contributed by atoms with van der Waals surface area (Å²) in [5.74, 6) is -0.934. The number of carboxylic acids is 1. The van der Waals surface area contributed by atoms with Gasteiger partial charge in [-0.1, -0.05) is 20.8 Å². The van der Waals surface area contributed by atoms with Gasteiger partial charge in [-0.05, 0) is 29.3 Å². The van der Waals surface area contributed by atoms with Crippen molar-refractivity contribution in [3.05, 3.63) is 21.9 Å². The predicted molar refractivity (Wildman–Crippen MR) is 74.1 cm³/mol. The van der Waals surface area contributed by atoms with Crippen molar-refractivity contribution in [1.82, 2.24) is 4.90 Å². The van der Waals surface area contributed by atoms with E-state index in [0.29, 0.717) is 6.54 Å². The van der Waals surface area contributed by atoms with Gasteiger partial charge in [-0.25, -0.2) is 4.79 Å². The highest BCUT2D eigenvalue weighted by atomic mass is 32.1. The first-order chi connectivity index (χ1) is 8.93. The van der Waals surface area contributed by atoms with Crippen LogP contribution in [0.5, 0.6) is 0 Å². The molecule has 0 aromatic carbocycles. The Balaban J connectivity index is 2.32. The second kappa shape index (κ2) is 5.33. The summed E-state index contributed by atoms with van der Waals surface area (Å²) in [6.07, 6.45) is 0.757. The van der Waals surface area contributed by atoms with E-state index >= 15 is 0 Å². The summed E-state index contributed by atoms with van der Waals surface area (Å²) in [7, 11) is 0. The van der Waals surface area contributed by atoms with Gasteiger partial charge >= 0.3 is 5.97 Å². The van der Waals surface area contributed by atoms with Gasteiger partial charge in [-0.2, -0.15) is 0 Å². The Kier molecular flexibility index (Phi) is 3.94. The molecule has 5 heteroatoms. The molecule has 0 radical (unpaired) electrons. The Labute approximate surface area is 117 Å². The molecule has 1 aromatic heterocycles. The first kappa shape index (κ1) is 14.1. The van der Waals surface area contributed by atoms with Gasteiger partial charge in [0.25, 0.3) is 0 Å². The molecule has 2 rings (SSSR count). The minimum atomic E-state index is -0.941. The molecule has 1 aliphatic rings. The van der Waals surface area contributed by atoms with Crippen molar-refractivity contribution in [2.24, 2.45) is 11.8 Å². The van der Waals surface area contributed by atoms with E-state index in [2.05, 4.69) is 0 Å². The molecule has 2 unspecified atom stereocenters. The van der Waals surface area contributed by atoms with E-state index in [1.54, 1.807) is 11.3 Å². The lowest BCUT2D eigenvalue weighted by Gasteiger charge is -2.35. The molecule has 0 saturated heterocycles. The number of hydrogen-bond acceptors (Lipinski definition) is 3. The first-order valence-electron chi connectivity index (χ1n) is 6.53. The van der Waals surface area contributed by atoms with Gasteiger partial charge in [0.2, 0.25) is 5.91 Å². The van der Waals surface area contributed by atoms with Gasteiger partial charge < -0.3 is 10.0 Å². The Morgan fingerprint density at radius 3 is 2.68 bits per heavy atom. The van der Waals surface area contributed by atoms with Crippen LogP contribution >= 0.6 is 11.3 Å². The standard InChI is InChI=1S/C14H19NO3S/c1-8(2)9(3)13(16)15-6-4-11-10(5-7-19-11)12(15)14(17)18/h5,7-9,12H,4,6H2,1-3H3,(H,17,18). The van der Waals surface area contributed by atoms with Gasteiger partial charge in [-0.3, -0.25) is 4.79 Å². The van der Waals surface area contributed by atoms with Crippen LogP contribution in [0.3, 0.4) is 0 Å². The Hall–Kier alpha value is -1.36. The average Bonchev–Trinajstić information content (AvgIpc) is 2.83. The summed E-state index contributed by atoms with van der Waals surface area (Å²) >= 11 is 1.57. The molecule has 2 atom stereocenters. The maximum absolute atomic E-state index is 12.5. The zero-order chi connectivity index (χ0) is 14.2. The predicted octanol–water partition coefficient (Wildman–Crippen LogP) is 2.55. The second-order valence-corrected chi connectivity index (χ2v) is 6.35. The third kappa shape index (κ3) is 2.52. The third-order valence-electron chi connectivity index (χ3n) is 3.87.